The molecular weight excluding hydrogens is 440 g/mol. The first kappa shape index (κ1) is 25.3. The van der Waals surface area contributed by atoms with Gasteiger partial charge in [0.25, 0.3) is 5.56 Å². The normalized spacial score (nSPS) is 23.2. The second kappa shape index (κ2) is 10.1. The first-order valence-corrected chi connectivity index (χ1v) is 13.5. The molecule has 12 heteroatoms. The van der Waals surface area contributed by atoms with Crippen molar-refractivity contribution in [3.63, 3.8) is 0 Å². The van der Waals surface area contributed by atoms with Crippen LogP contribution in [-0.4, -0.2) is 60.5 Å². The molecule has 32 heavy (non-hydrogen) atoms. The lowest BCUT2D eigenvalue weighted by atomic mass is 10.1. The Labute approximate surface area is 185 Å². The minimum absolute atomic E-state index is 0.199. The van der Waals surface area contributed by atoms with Crippen LogP contribution < -0.4 is 11.2 Å². The van der Waals surface area contributed by atoms with E-state index in [-0.39, 0.29) is 12.2 Å². The third-order valence-corrected chi connectivity index (χ3v) is 5.54. The molecule has 1 N–H and O–H groups in total. The Balaban J connectivity index is 2.54. The van der Waals surface area contributed by atoms with Crippen LogP contribution in [0.4, 0.5) is 0 Å². The number of aromatic amines is 1. The number of carbonyl (C=O) groups is 3. The highest BCUT2D eigenvalue weighted by Crippen LogP contribution is 2.33. The van der Waals surface area contributed by atoms with Crippen LogP contribution in [0.1, 0.15) is 32.6 Å². The average Bonchev–Trinajstić information content (AvgIpc) is 2.94. The number of H-pyrrole nitrogens is 1. The summed E-state index contributed by atoms with van der Waals surface area (Å²) in [5.74, 6) is -1.98. The highest BCUT2D eigenvalue weighted by Gasteiger charge is 2.51. The van der Waals surface area contributed by atoms with Gasteiger partial charge in [0.2, 0.25) is 0 Å². The Morgan fingerprint density at radius 2 is 1.66 bits per heavy atom. The predicted molar refractivity (Wildman–Crippen MR) is 115 cm³/mol. The van der Waals surface area contributed by atoms with Crippen molar-refractivity contribution >= 4 is 32.1 Å². The van der Waals surface area contributed by atoms with Crippen LogP contribution in [0.15, 0.2) is 21.5 Å². The first-order chi connectivity index (χ1) is 14.8. The van der Waals surface area contributed by atoms with E-state index < -0.39 is 61.8 Å². The fourth-order valence-corrected chi connectivity index (χ4v) is 3.74. The first-order valence-electron chi connectivity index (χ1n) is 9.96. The molecule has 1 aliphatic heterocycles. The molecule has 1 saturated heterocycles. The molecule has 0 saturated carbocycles. The Kier molecular flexibility index (Phi) is 7.96. The molecule has 0 aromatic carbocycles. The Bertz CT molecular complexity index is 1020. The summed E-state index contributed by atoms with van der Waals surface area (Å²) in [7, 11) is -1.65. The second-order valence-corrected chi connectivity index (χ2v) is 13.5. The van der Waals surface area contributed by atoms with Crippen molar-refractivity contribution in [2.45, 2.75) is 65.0 Å². The summed E-state index contributed by atoms with van der Waals surface area (Å²) in [6, 6.07) is 0. The number of nitrogens with one attached hydrogen (secondary N) is 1. The highest BCUT2D eigenvalue weighted by atomic mass is 28.3. The number of hydrogen-bond donors (Lipinski definition) is 1. The van der Waals surface area contributed by atoms with Crippen molar-refractivity contribution in [3.05, 3.63) is 38.3 Å². The summed E-state index contributed by atoms with van der Waals surface area (Å²) in [6.07, 6.45) is -1.73. The molecule has 11 nitrogen and oxygen atoms in total. The Morgan fingerprint density at radius 3 is 2.19 bits per heavy atom. The van der Waals surface area contributed by atoms with Crippen LogP contribution in [0.25, 0.3) is 6.08 Å². The number of carbonyl (C=O) groups excluding carboxylic acids is 3. The van der Waals surface area contributed by atoms with Crippen LogP contribution >= 0.6 is 0 Å². The van der Waals surface area contributed by atoms with Gasteiger partial charge in [0.15, 0.2) is 18.4 Å². The van der Waals surface area contributed by atoms with Gasteiger partial charge in [-0.2, -0.15) is 0 Å². The predicted octanol–water partition coefficient (Wildman–Crippen LogP) is 0.751. The number of ether oxygens (including phenoxy) is 4. The largest absolute Gasteiger partial charge is 0.463 e. The van der Waals surface area contributed by atoms with Crippen molar-refractivity contribution < 1.29 is 33.3 Å². The molecule has 0 radical (unpaired) electrons. The van der Waals surface area contributed by atoms with Gasteiger partial charge in [0.1, 0.15) is 12.7 Å². The molecule has 2 heterocycles. The van der Waals surface area contributed by atoms with E-state index in [1.165, 1.54) is 13.1 Å². The Hall–Kier alpha value is -2.99. The molecule has 176 valence electrons. The number of esters is 3. The monoisotopic (exact) mass is 468 g/mol. The van der Waals surface area contributed by atoms with Crippen molar-refractivity contribution in [2.24, 2.45) is 0 Å². The minimum Gasteiger partial charge on any atom is -0.463 e. The van der Waals surface area contributed by atoms with Crippen LogP contribution in [0.2, 0.25) is 19.6 Å². The highest BCUT2D eigenvalue weighted by molar-refractivity contribution is 6.81. The van der Waals surface area contributed by atoms with Crippen LogP contribution in [0.3, 0.4) is 0 Å². The van der Waals surface area contributed by atoms with Gasteiger partial charge in [-0.25, -0.2) is 4.79 Å². The minimum atomic E-state index is -1.65. The summed E-state index contributed by atoms with van der Waals surface area (Å²) in [6.45, 7) is 9.43. The molecular formula is C20H28N2O9Si. The van der Waals surface area contributed by atoms with E-state index in [1.807, 2.05) is 5.70 Å². The lowest BCUT2D eigenvalue weighted by molar-refractivity contribution is -0.166. The molecule has 4 atom stereocenters. The van der Waals surface area contributed by atoms with Crippen LogP contribution in [0.5, 0.6) is 0 Å². The second-order valence-electron chi connectivity index (χ2n) is 8.47. The Morgan fingerprint density at radius 1 is 1.06 bits per heavy atom. The standard InChI is InChI=1S/C20H28N2O9Si/c1-11(23)28-10-15-16(29-12(2)24)17(30-13(3)25)19(31-15)22-9-14(7-8-32(4,5)6)18(26)21-20(22)27/h7-9,15-17,19H,10H2,1-6H3,(H,21,26,27)/b8-7+/t15-,16-,17+,19-/m1/s1. The maximum atomic E-state index is 12.6. The third-order valence-electron chi connectivity index (χ3n) is 4.37. The van der Waals surface area contributed by atoms with Gasteiger partial charge in [0.05, 0.1) is 13.6 Å². The van der Waals surface area contributed by atoms with Gasteiger partial charge in [-0.15, -0.1) is 0 Å². The van der Waals surface area contributed by atoms with E-state index >= 15 is 0 Å². The molecule has 0 spiro atoms. The van der Waals surface area contributed by atoms with Gasteiger partial charge in [-0.3, -0.25) is 28.7 Å². The topological polar surface area (TPSA) is 143 Å². The van der Waals surface area contributed by atoms with E-state index in [0.717, 1.165) is 18.4 Å². The van der Waals surface area contributed by atoms with Crippen LogP contribution in [0, 0.1) is 0 Å². The maximum absolute atomic E-state index is 12.6. The summed E-state index contributed by atoms with van der Waals surface area (Å²) < 4.78 is 22.5. The number of rotatable bonds is 7. The van der Waals surface area contributed by atoms with Gasteiger partial charge in [-0.05, 0) is 0 Å². The molecule has 0 aliphatic carbocycles. The lowest BCUT2D eigenvalue weighted by Crippen LogP contribution is -2.42. The zero-order valence-corrected chi connectivity index (χ0v) is 19.9. The molecule has 1 aromatic rings. The average molecular weight is 469 g/mol. The van der Waals surface area contributed by atoms with Crippen molar-refractivity contribution in [3.8, 4) is 0 Å². The van der Waals surface area contributed by atoms with E-state index in [0.29, 0.717) is 0 Å². The fraction of sp³-hybridized carbons (Fsp3) is 0.550. The van der Waals surface area contributed by atoms with E-state index in [1.54, 1.807) is 6.08 Å². The van der Waals surface area contributed by atoms with Gasteiger partial charge >= 0.3 is 23.6 Å². The SMILES string of the molecule is CC(=O)OC[C@H]1O[C@@H](n2cc(/C=C/[Si](C)(C)C)c(=O)[nH]c2=O)[C@@H](OC(C)=O)[C@@H]1OC(C)=O. The zero-order valence-electron chi connectivity index (χ0n) is 18.9. The van der Waals surface area contributed by atoms with Crippen molar-refractivity contribution in [2.75, 3.05) is 6.61 Å². The van der Waals surface area contributed by atoms with Crippen molar-refractivity contribution in [1.82, 2.24) is 9.55 Å². The lowest BCUT2D eigenvalue weighted by Gasteiger charge is -2.24. The van der Waals surface area contributed by atoms with Crippen LogP contribution in [-0.2, 0) is 33.3 Å². The number of aromatic nitrogens is 2. The molecule has 1 aliphatic rings. The number of nitrogens with zero attached hydrogens (tertiary/aromatic N) is 1. The van der Waals surface area contributed by atoms with E-state index in [2.05, 4.69) is 24.6 Å². The fourth-order valence-electron chi connectivity index (χ4n) is 3.07. The molecule has 0 bridgehead atoms. The summed E-state index contributed by atoms with van der Waals surface area (Å²) >= 11 is 0. The van der Waals surface area contributed by atoms with E-state index in [9.17, 15) is 24.0 Å². The summed E-state index contributed by atoms with van der Waals surface area (Å²) in [5.41, 5.74) is 0.730. The van der Waals surface area contributed by atoms with Gasteiger partial charge in [-0.1, -0.05) is 31.4 Å². The van der Waals surface area contributed by atoms with Gasteiger partial charge < -0.3 is 18.9 Å². The summed E-state index contributed by atoms with van der Waals surface area (Å²) in [5, 5.41) is 0. The van der Waals surface area contributed by atoms with Gasteiger partial charge in [0, 0.05) is 27.0 Å². The quantitative estimate of drug-likeness (QED) is 0.348. The molecule has 2 rings (SSSR count). The molecule has 1 aromatic heterocycles. The molecule has 1 fully saturated rings. The van der Waals surface area contributed by atoms with E-state index in [4.69, 9.17) is 18.9 Å². The zero-order chi connectivity index (χ0) is 24.2. The summed E-state index contributed by atoms with van der Waals surface area (Å²) in [4.78, 5) is 61.7. The van der Waals surface area contributed by atoms with Crippen molar-refractivity contribution in [1.29, 1.82) is 0 Å². The molecule has 0 amide bonds. The molecule has 0 unspecified atom stereocenters. The third kappa shape index (κ3) is 6.75. The maximum Gasteiger partial charge on any atom is 0.330 e. The number of hydrogen-bond acceptors (Lipinski definition) is 9. The smallest absolute Gasteiger partial charge is 0.330 e.